The summed E-state index contributed by atoms with van der Waals surface area (Å²) in [5, 5.41) is 5.29. The molecule has 0 aliphatic heterocycles. The molecule has 3 aromatic rings. The van der Waals surface area contributed by atoms with Gasteiger partial charge < -0.3 is 15.8 Å². The summed E-state index contributed by atoms with van der Waals surface area (Å²) in [6.07, 6.45) is 0. The molecular weight excluding hydrogens is 384 g/mol. The molecule has 0 aliphatic carbocycles. The number of primary amides is 1. The highest BCUT2D eigenvalue weighted by molar-refractivity contribution is 7.10. The van der Waals surface area contributed by atoms with Crippen LogP contribution in [0.1, 0.15) is 26.8 Å². The molecule has 0 radical (unpaired) electrons. The molecule has 5 nitrogen and oxygen atoms in total. The lowest BCUT2D eigenvalue weighted by Gasteiger charge is -2.18. The molecule has 0 fully saturated rings. The molecule has 138 valence electrons. The third-order valence-electron chi connectivity index (χ3n) is 3.83. The first kappa shape index (κ1) is 18.9. The molecule has 7 heteroatoms. The third kappa shape index (κ3) is 4.87. The van der Waals surface area contributed by atoms with Crippen molar-refractivity contribution in [3.63, 3.8) is 0 Å². The van der Waals surface area contributed by atoms with Crippen LogP contribution in [0.25, 0.3) is 0 Å². The highest BCUT2D eigenvalue weighted by Crippen LogP contribution is 2.26. The number of nitrogens with one attached hydrogen (secondary N) is 1. The van der Waals surface area contributed by atoms with Gasteiger partial charge in [0, 0.05) is 9.90 Å². The Labute approximate surface area is 165 Å². The average molecular weight is 401 g/mol. The maximum absolute atomic E-state index is 12.5. The Bertz CT molecular complexity index is 930. The first-order chi connectivity index (χ1) is 13.0. The molecule has 0 unspecified atom stereocenters. The second-order valence-corrected chi connectivity index (χ2v) is 7.14. The topological polar surface area (TPSA) is 81.4 Å². The number of rotatable bonds is 7. The molecule has 1 aromatic heterocycles. The maximum Gasteiger partial charge on any atom is 0.258 e. The Morgan fingerprint density at radius 1 is 1.11 bits per heavy atom. The minimum Gasteiger partial charge on any atom is -0.483 e. The fourth-order valence-corrected chi connectivity index (χ4v) is 3.56. The van der Waals surface area contributed by atoms with E-state index < -0.39 is 5.91 Å². The molecule has 0 aliphatic rings. The number of amides is 2. The van der Waals surface area contributed by atoms with Crippen LogP contribution in [0.3, 0.4) is 0 Å². The van der Waals surface area contributed by atoms with E-state index in [2.05, 4.69) is 5.32 Å². The van der Waals surface area contributed by atoms with Crippen molar-refractivity contribution < 1.29 is 14.3 Å². The Hall–Kier alpha value is -2.83. The predicted octanol–water partition coefficient (Wildman–Crippen LogP) is 3.79. The standard InChI is InChI=1S/C20H17ClN2O3S/c21-14-8-9-16(15(11-14)20(22)25)26-12-18(24)23-19(17-7-4-10-27-17)13-5-2-1-3-6-13/h1-11,19H,12H2,(H2,22,25)(H,23,24)/t19-/m1/s1. The van der Waals surface area contributed by atoms with Crippen LogP contribution < -0.4 is 15.8 Å². The monoisotopic (exact) mass is 400 g/mol. The number of ether oxygens (including phenoxy) is 1. The van der Waals surface area contributed by atoms with E-state index in [0.29, 0.717) is 5.02 Å². The van der Waals surface area contributed by atoms with Crippen molar-refractivity contribution >= 4 is 34.8 Å². The molecule has 0 saturated carbocycles. The number of carbonyl (C=O) groups excluding carboxylic acids is 2. The Balaban J connectivity index is 1.72. The fourth-order valence-electron chi connectivity index (χ4n) is 2.59. The van der Waals surface area contributed by atoms with Crippen molar-refractivity contribution in [2.45, 2.75) is 6.04 Å². The summed E-state index contributed by atoms with van der Waals surface area (Å²) < 4.78 is 5.50. The minimum absolute atomic E-state index is 0.133. The summed E-state index contributed by atoms with van der Waals surface area (Å²) in [5.41, 5.74) is 6.44. The normalized spacial score (nSPS) is 11.6. The molecule has 2 amide bonds. The summed E-state index contributed by atoms with van der Waals surface area (Å²) in [7, 11) is 0. The van der Waals surface area contributed by atoms with E-state index in [1.807, 2.05) is 47.8 Å². The van der Waals surface area contributed by atoms with Gasteiger partial charge in [0.05, 0.1) is 11.6 Å². The number of hydrogen-bond donors (Lipinski definition) is 2. The van der Waals surface area contributed by atoms with Crippen LogP contribution in [0.5, 0.6) is 5.75 Å². The summed E-state index contributed by atoms with van der Waals surface area (Å²) >= 11 is 7.43. The molecule has 2 aromatic carbocycles. The van der Waals surface area contributed by atoms with E-state index >= 15 is 0 Å². The van der Waals surface area contributed by atoms with E-state index in [1.165, 1.54) is 12.1 Å². The highest BCUT2D eigenvalue weighted by atomic mass is 35.5. The van der Waals surface area contributed by atoms with E-state index in [-0.39, 0.29) is 29.9 Å². The molecule has 3 N–H and O–H groups in total. The maximum atomic E-state index is 12.5. The molecule has 0 bridgehead atoms. The molecule has 0 saturated heterocycles. The van der Waals surface area contributed by atoms with Gasteiger partial charge in [0.15, 0.2) is 6.61 Å². The number of benzene rings is 2. The zero-order valence-corrected chi connectivity index (χ0v) is 15.8. The zero-order chi connectivity index (χ0) is 19.2. The average Bonchev–Trinajstić information content (AvgIpc) is 3.20. The van der Waals surface area contributed by atoms with Crippen LogP contribution in [0.15, 0.2) is 66.0 Å². The zero-order valence-electron chi connectivity index (χ0n) is 14.2. The predicted molar refractivity (Wildman–Crippen MR) is 106 cm³/mol. The van der Waals surface area contributed by atoms with E-state index in [9.17, 15) is 9.59 Å². The van der Waals surface area contributed by atoms with Crippen LogP contribution in [0, 0.1) is 0 Å². The van der Waals surface area contributed by atoms with Crippen molar-refractivity contribution in [3.8, 4) is 5.75 Å². The number of halogens is 1. The van der Waals surface area contributed by atoms with Crippen LogP contribution in [0.4, 0.5) is 0 Å². The summed E-state index contributed by atoms with van der Waals surface area (Å²) in [6.45, 7) is -0.253. The molecule has 1 atom stereocenters. The van der Waals surface area contributed by atoms with Gasteiger partial charge in [0.2, 0.25) is 0 Å². The molecule has 3 rings (SSSR count). The second-order valence-electron chi connectivity index (χ2n) is 5.72. The molecule has 1 heterocycles. The van der Waals surface area contributed by atoms with Crippen molar-refractivity contribution in [2.24, 2.45) is 5.73 Å². The van der Waals surface area contributed by atoms with Gasteiger partial charge in [-0.3, -0.25) is 9.59 Å². The summed E-state index contributed by atoms with van der Waals surface area (Å²) in [4.78, 5) is 25.0. The van der Waals surface area contributed by atoms with Gasteiger partial charge >= 0.3 is 0 Å². The van der Waals surface area contributed by atoms with E-state index in [0.717, 1.165) is 10.4 Å². The quantitative estimate of drug-likeness (QED) is 0.633. The van der Waals surface area contributed by atoms with Gasteiger partial charge in [0.1, 0.15) is 5.75 Å². The first-order valence-electron chi connectivity index (χ1n) is 8.14. The Morgan fingerprint density at radius 3 is 2.56 bits per heavy atom. The SMILES string of the molecule is NC(=O)c1cc(Cl)ccc1OCC(=O)N[C@H](c1ccccc1)c1cccs1. The van der Waals surface area contributed by atoms with Gasteiger partial charge in [-0.05, 0) is 35.2 Å². The van der Waals surface area contributed by atoms with Gasteiger partial charge in [-0.25, -0.2) is 0 Å². The molecular formula is C20H17ClN2O3S. The lowest BCUT2D eigenvalue weighted by molar-refractivity contribution is -0.123. The van der Waals surface area contributed by atoms with E-state index in [1.54, 1.807) is 17.4 Å². The number of hydrogen-bond acceptors (Lipinski definition) is 4. The minimum atomic E-state index is -0.673. The van der Waals surface area contributed by atoms with Gasteiger partial charge in [0.25, 0.3) is 11.8 Å². The highest BCUT2D eigenvalue weighted by Gasteiger charge is 2.19. The third-order valence-corrected chi connectivity index (χ3v) is 5.00. The van der Waals surface area contributed by atoms with Crippen molar-refractivity contribution in [1.29, 1.82) is 0 Å². The van der Waals surface area contributed by atoms with Crippen LogP contribution in [0.2, 0.25) is 5.02 Å². The van der Waals surface area contributed by atoms with Crippen molar-refractivity contribution in [3.05, 3.63) is 87.1 Å². The summed E-state index contributed by atoms with van der Waals surface area (Å²) in [6, 6.07) is 17.8. The van der Waals surface area contributed by atoms with Gasteiger partial charge in [-0.15, -0.1) is 11.3 Å². The van der Waals surface area contributed by atoms with Gasteiger partial charge in [-0.1, -0.05) is 48.0 Å². The Morgan fingerprint density at radius 2 is 1.89 bits per heavy atom. The molecule has 0 spiro atoms. The lowest BCUT2D eigenvalue weighted by atomic mass is 10.1. The number of carbonyl (C=O) groups is 2. The second kappa shape index (κ2) is 8.70. The van der Waals surface area contributed by atoms with Crippen LogP contribution in [-0.2, 0) is 4.79 Å². The van der Waals surface area contributed by atoms with Crippen LogP contribution >= 0.6 is 22.9 Å². The number of thiophene rings is 1. The van der Waals surface area contributed by atoms with E-state index in [4.69, 9.17) is 22.1 Å². The smallest absolute Gasteiger partial charge is 0.258 e. The first-order valence-corrected chi connectivity index (χ1v) is 9.40. The van der Waals surface area contributed by atoms with Crippen molar-refractivity contribution in [2.75, 3.05) is 6.61 Å². The van der Waals surface area contributed by atoms with Crippen molar-refractivity contribution in [1.82, 2.24) is 5.32 Å². The van der Waals surface area contributed by atoms with Gasteiger partial charge in [-0.2, -0.15) is 0 Å². The lowest BCUT2D eigenvalue weighted by Crippen LogP contribution is -2.33. The Kier molecular flexibility index (Phi) is 6.11. The molecule has 27 heavy (non-hydrogen) atoms. The number of nitrogens with two attached hydrogens (primary N) is 1. The van der Waals surface area contributed by atoms with Crippen LogP contribution in [-0.4, -0.2) is 18.4 Å². The largest absolute Gasteiger partial charge is 0.483 e. The summed E-state index contributed by atoms with van der Waals surface area (Å²) in [5.74, 6) is -0.772. The fraction of sp³-hybridized carbons (Fsp3) is 0.100.